The monoisotopic (exact) mass is 553 g/mol. The molecule has 0 radical (unpaired) electrons. The van der Waals surface area contributed by atoms with Crippen molar-refractivity contribution in [2.75, 3.05) is 20.5 Å². The van der Waals surface area contributed by atoms with Gasteiger partial charge in [0.1, 0.15) is 11.5 Å². The Morgan fingerprint density at radius 2 is 1.45 bits per heavy atom. The fraction of sp³-hybridized carbons (Fsp3) is 0.345. The van der Waals surface area contributed by atoms with Crippen molar-refractivity contribution in [2.45, 2.75) is 50.4 Å². The molecule has 0 saturated heterocycles. The number of hydrogen-bond donors (Lipinski definition) is 0. The fourth-order valence-electron chi connectivity index (χ4n) is 4.90. The lowest BCUT2D eigenvalue weighted by atomic mass is 9.84. The van der Waals surface area contributed by atoms with E-state index in [1.165, 1.54) is 6.07 Å². The topological polar surface area (TPSA) is 83.8 Å². The number of ether oxygens (including phenoxy) is 2. The third kappa shape index (κ3) is 5.10. The van der Waals surface area contributed by atoms with Crippen molar-refractivity contribution in [3.05, 3.63) is 75.9 Å². The quantitative estimate of drug-likeness (QED) is 0.225. The molecule has 1 atom stereocenters. The van der Waals surface area contributed by atoms with Crippen molar-refractivity contribution < 1.29 is 22.3 Å². The van der Waals surface area contributed by atoms with Gasteiger partial charge in [0.25, 0.3) is 0 Å². The first-order valence-electron chi connectivity index (χ1n) is 12.5. The van der Waals surface area contributed by atoms with Crippen LogP contribution < -0.4 is 14.9 Å². The molecule has 7 nitrogen and oxygen atoms in total. The second-order valence-corrected chi connectivity index (χ2v) is 15.1. The van der Waals surface area contributed by atoms with Crippen molar-refractivity contribution >= 4 is 40.7 Å². The second-order valence-electron chi connectivity index (χ2n) is 10.8. The van der Waals surface area contributed by atoms with Crippen LogP contribution in [-0.2, 0) is 19.7 Å². The molecule has 0 saturated carbocycles. The van der Waals surface area contributed by atoms with Gasteiger partial charge in [-0.2, -0.15) is 0 Å². The molecule has 0 fully saturated rings. The van der Waals surface area contributed by atoms with Crippen molar-refractivity contribution in [3.8, 4) is 11.5 Å². The highest BCUT2D eigenvalue weighted by molar-refractivity contribution is 7.90. The standard InChI is InChI=1S/C29H35NO6SSi/c1-29(2,3)26-24(34-4)15-18(16-25(26)35-5)28(36-38(7)8)30-22-12-10-9-11-20(22)27(31)21-14-13-19(17-23(21)30)37(6,32)33/h9-17,28,38H,1-8H3. The van der Waals surface area contributed by atoms with Crippen LogP contribution in [0, 0.1) is 0 Å². The Bertz CT molecular complexity index is 1660. The first-order valence-corrected chi connectivity index (χ1v) is 17.1. The van der Waals surface area contributed by atoms with Crippen molar-refractivity contribution in [1.82, 2.24) is 4.57 Å². The van der Waals surface area contributed by atoms with Crippen LogP contribution in [0.25, 0.3) is 21.8 Å². The third-order valence-electron chi connectivity index (χ3n) is 6.51. The molecule has 202 valence electrons. The van der Waals surface area contributed by atoms with Gasteiger partial charge in [0.05, 0.1) is 30.1 Å². The molecule has 0 bridgehead atoms. The average molecular weight is 554 g/mol. The Labute approximate surface area is 225 Å². The summed E-state index contributed by atoms with van der Waals surface area (Å²) >= 11 is 0. The minimum absolute atomic E-state index is 0.132. The van der Waals surface area contributed by atoms with Crippen LogP contribution in [0.15, 0.2) is 64.3 Å². The molecule has 4 aromatic rings. The molecule has 0 spiro atoms. The highest BCUT2D eigenvalue weighted by Gasteiger charge is 2.29. The van der Waals surface area contributed by atoms with E-state index in [0.29, 0.717) is 33.3 Å². The van der Waals surface area contributed by atoms with Gasteiger partial charge in [-0.15, -0.1) is 0 Å². The lowest BCUT2D eigenvalue weighted by molar-refractivity contribution is 0.184. The zero-order chi connectivity index (χ0) is 28.0. The van der Waals surface area contributed by atoms with Crippen molar-refractivity contribution in [1.29, 1.82) is 0 Å². The summed E-state index contributed by atoms with van der Waals surface area (Å²) in [6.45, 7) is 10.4. The number of methoxy groups -OCH3 is 2. The summed E-state index contributed by atoms with van der Waals surface area (Å²) in [6.07, 6.45) is 0.495. The summed E-state index contributed by atoms with van der Waals surface area (Å²) in [5.74, 6) is 1.33. The van der Waals surface area contributed by atoms with Gasteiger partial charge in [-0.1, -0.05) is 32.9 Å². The number of benzene rings is 3. The number of hydrogen-bond acceptors (Lipinski definition) is 6. The first-order chi connectivity index (χ1) is 17.8. The van der Waals surface area contributed by atoms with Crippen LogP contribution in [0.4, 0.5) is 0 Å². The molecule has 38 heavy (non-hydrogen) atoms. The van der Waals surface area contributed by atoms with E-state index in [0.717, 1.165) is 17.4 Å². The summed E-state index contributed by atoms with van der Waals surface area (Å²) in [5, 5.41) is 0.941. The van der Waals surface area contributed by atoms with Gasteiger partial charge in [0, 0.05) is 28.2 Å². The van der Waals surface area contributed by atoms with Crippen LogP contribution in [0.3, 0.4) is 0 Å². The molecule has 3 aromatic carbocycles. The van der Waals surface area contributed by atoms with Crippen molar-refractivity contribution in [2.24, 2.45) is 0 Å². The number of rotatable bonds is 7. The number of nitrogens with zero attached hydrogens (tertiary/aromatic N) is 1. The Balaban J connectivity index is 2.18. The molecule has 0 N–H and O–H groups in total. The Kier molecular flexibility index (Phi) is 7.48. The van der Waals surface area contributed by atoms with Crippen LogP contribution in [0.2, 0.25) is 13.1 Å². The molecular formula is C29H35NO6SSi. The van der Waals surface area contributed by atoms with E-state index in [1.54, 1.807) is 32.4 Å². The molecule has 1 unspecified atom stereocenters. The molecule has 0 aliphatic heterocycles. The maximum absolute atomic E-state index is 13.5. The van der Waals surface area contributed by atoms with E-state index < -0.39 is 25.1 Å². The van der Waals surface area contributed by atoms with Crippen LogP contribution in [0.1, 0.15) is 38.1 Å². The first kappa shape index (κ1) is 27.9. The Morgan fingerprint density at radius 3 is 1.97 bits per heavy atom. The predicted molar refractivity (Wildman–Crippen MR) is 155 cm³/mol. The smallest absolute Gasteiger partial charge is 0.197 e. The predicted octanol–water partition coefficient (Wildman–Crippen LogP) is 5.42. The number of pyridine rings is 1. The highest BCUT2D eigenvalue weighted by Crippen LogP contribution is 2.42. The zero-order valence-corrected chi connectivity index (χ0v) is 25.1. The van der Waals surface area contributed by atoms with Gasteiger partial charge in [-0.25, -0.2) is 8.42 Å². The molecule has 1 heterocycles. The number of aromatic nitrogens is 1. The molecule has 1 aromatic heterocycles. The average Bonchev–Trinajstić information content (AvgIpc) is 2.85. The van der Waals surface area contributed by atoms with Crippen LogP contribution >= 0.6 is 0 Å². The van der Waals surface area contributed by atoms with E-state index in [1.807, 2.05) is 34.9 Å². The lowest BCUT2D eigenvalue weighted by Crippen LogP contribution is -2.24. The molecular weight excluding hydrogens is 518 g/mol. The maximum atomic E-state index is 13.5. The van der Waals surface area contributed by atoms with Gasteiger partial charge in [-0.3, -0.25) is 4.79 Å². The normalized spacial score (nSPS) is 13.3. The molecule has 9 heteroatoms. The Hall–Kier alpha value is -3.14. The van der Waals surface area contributed by atoms with E-state index in [4.69, 9.17) is 13.9 Å². The van der Waals surface area contributed by atoms with Gasteiger partial charge in [-0.05, 0) is 61.0 Å². The molecule has 0 amide bonds. The highest BCUT2D eigenvalue weighted by atomic mass is 32.2. The van der Waals surface area contributed by atoms with Gasteiger partial charge < -0.3 is 18.5 Å². The van der Waals surface area contributed by atoms with E-state index in [9.17, 15) is 13.2 Å². The van der Waals surface area contributed by atoms with Crippen LogP contribution in [-0.4, -0.2) is 42.5 Å². The molecule has 4 rings (SSSR count). The SMILES string of the molecule is COc1cc(C(O[SiH](C)C)n2c3ccccc3c(=O)c3ccc(S(C)(=O)=O)cc32)cc(OC)c1C(C)(C)C. The number of sulfone groups is 1. The van der Waals surface area contributed by atoms with Gasteiger partial charge in [0.15, 0.2) is 30.5 Å². The Morgan fingerprint density at radius 1 is 0.868 bits per heavy atom. The number of fused-ring (bicyclic) bond motifs is 2. The van der Waals surface area contributed by atoms with E-state index >= 15 is 0 Å². The minimum Gasteiger partial charge on any atom is -0.496 e. The molecule has 0 aliphatic carbocycles. The lowest BCUT2D eigenvalue weighted by Gasteiger charge is -2.30. The second kappa shape index (κ2) is 10.2. The van der Waals surface area contributed by atoms with Gasteiger partial charge >= 0.3 is 0 Å². The van der Waals surface area contributed by atoms with Crippen molar-refractivity contribution in [3.63, 3.8) is 0 Å². The van der Waals surface area contributed by atoms with E-state index in [2.05, 4.69) is 33.9 Å². The summed E-state index contributed by atoms with van der Waals surface area (Å²) in [4.78, 5) is 13.6. The summed E-state index contributed by atoms with van der Waals surface area (Å²) in [5.41, 5.74) is 2.42. The fourth-order valence-corrected chi connectivity index (χ4v) is 6.33. The number of para-hydroxylation sites is 1. The summed E-state index contributed by atoms with van der Waals surface area (Å²) in [7, 11) is -1.95. The zero-order valence-electron chi connectivity index (χ0n) is 23.2. The van der Waals surface area contributed by atoms with Crippen LogP contribution in [0.5, 0.6) is 11.5 Å². The summed E-state index contributed by atoms with van der Waals surface area (Å²) in [6, 6.07) is 15.9. The largest absolute Gasteiger partial charge is 0.496 e. The molecule has 0 aliphatic rings. The van der Waals surface area contributed by atoms with Gasteiger partial charge in [0.2, 0.25) is 0 Å². The minimum atomic E-state index is -3.52. The van der Waals surface area contributed by atoms with E-state index in [-0.39, 0.29) is 15.7 Å². The maximum Gasteiger partial charge on any atom is 0.197 e. The third-order valence-corrected chi connectivity index (χ3v) is 8.42. The summed E-state index contributed by atoms with van der Waals surface area (Å²) < 4.78 is 45.3.